The molecular weight excluding hydrogens is 400 g/mol. The van der Waals surface area contributed by atoms with E-state index in [0.29, 0.717) is 22.8 Å². The zero-order chi connectivity index (χ0) is 20.7. The molecule has 2 rings (SSSR count). The van der Waals surface area contributed by atoms with E-state index >= 15 is 0 Å². The second-order valence-electron chi connectivity index (χ2n) is 6.79. The molecule has 0 aliphatic carbocycles. The summed E-state index contributed by atoms with van der Waals surface area (Å²) in [4.78, 5) is 23.9. The second kappa shape index (κ2) is 9.71. The maximum atomic E-state index is 12.3. The van der Waals surface area contributed by atoms with Crippen molar-refractivity contribution < 1.29 is 18.0 Å². The number of anilines is 2. The van der Waals surface area contributed by atoms with Crippen LogP contribution in [0.15, 0.2) is 53.4 Å². The van der Waals surface area contributed by atoms with Crippen molar-refractivity contribution in [3.8, 4) is 0 Å². The van der Waals surface area contributed by atoms with Crippen molar-refractivity contribution in [3.63, 3.8) is 0 Å². The van der Waals surface area contributed by atoms with E-state index < -0.39 is 15.7 Å². The molecule has 2 aromatic carbocycles. The SMILES string of the molecule is CC(C)CC(=O)Nc1ccc(NC(=O)CCS(=O)(=O)c2ccc(Cl)cc2)cc1. The minimum absolute atomic E-state index is 0.0702. The summed E-state index contributed by atoms with van der Waals surface area (Å²) in [6.07, 6.45) is 0.262. The molecule has 0 bridgehead atoms. The van der Waals surface area contributed by atoms with Crippen molar-refractivity contribution in [1.82, 2.24) is 0 Å². The van der Waals surface area contributed by atoms with Gasteiger partial charge in [0.2, 0.25) is 11.8 Å². The predicted octanol–water partition coefficient (Wildman–Crippen LogP) is 4.13. The van der Waals surface area contributed by atoms with Crippen LogP contribution in [0.4, 0.5) is 11.4 Å². The van der Waals surface area contributed by atoms with Crippen LogP contribution in [0, 0.1) is 5.92 Å². The summed E-state index contributed by atoms with van der Waals surface area (Å²) in [6, 6.07) is 12.5. The molecule has 0 radical (unpaired) electrons. The van der Waals surface area contributed by atoms with Crippen LogP contribution >= 0.6 is 11.6 Å². The van der Waals surface area contributed by atoms with Crippen LogP contribution in [0.5, 0.6) is 0 Å². The summed E-state index contributed by atoms with van der Waals surface area (Å²) in [5.41, 5.74) is 1.16. The smallest absolute Gasteiger partial charge is 0.225 e. The first kappa shape index (κ1) is 21.9. The van der Waals surface area contributed by atoms with Crippen LogP contribution in [-0.2, 0) is 19.4 Å². The fourth-order valence-electron chi connectivity index (χ4n) is 2.43. The van der Waals surface area contributed by atoms with Gasteiger partial charge in [0.05, 0.1) is 10.6 Å². The van der Waals surface area contributed by atoms with Gasteiger partial charge >= 0.3 is 0 Å². The molecule has 2 N–H and O–H groups in total. The van der Waals surface area contributed by atoms with Crippen molar-refractivity contribution in [2.75, 3.05) is 16.4 Å². The lowest BCUT2D eigenvalue weighted by atomic mass is 10.1. The molecule has 0 saturated carbocycles. The van der Waals surface area contributed by atoms with E-state index in [0.717, 1.165) is 0 Å². The average molecular weight is 423 g/mol. The molecule has 0 unspecified atom stereocenters. The van der Waals surface area contributed by atoms with E-state index in [4.69, 9.17) is 11.6 Å². The van der Waals surface area contributed by atoms with Gasteiger partial charge in [-0.25, -0.2) is 8.42 Å². The Balaban J connectivity index is 1.87. The maximum absolute atomic E-state index is 12.3. The van der Waals surface area contributed by atoms with Gasteiger partial charge in [-0.2, -0.15) is 0 Å². The van der Waals surface area contributed by atoms with Crippen molar-refractivity contribution in [1.29, 1.82) is 0 Å². The number of rotatable bonds is 8. The molecule has 2 amide bonds. The monoisotopic (exact) mass is 422 g/mol. The van der Waals surface area contributed by atoms with E-state index in [-0.39, 0.29) is 28.9 Å². The van der Waals surface area contributed by atoms with E-state index in [1.807, 2.05) is 13.8 Å². The molecule has 0 atom stereocenters. The number of amides is 2. The highest BCUT2D eigenvalue weighted by Crippen LogP contribution is 2.17. The van der Waals surface area contributed by atoms with Gasteiger partial charge in [0.15, 0.2) is 9.84 Å². The third kappa shape index (κ3) is 6.98. The Morgan fingerprint density at radius 3 is 1.89 bits per heavy atom. The number of hydrogen-bond donors (Lipinski definition) is 2. The van der Waals surface area contributed by atoms with Crippen LogP contribution in [0.1, 0.15) is 26.7 Å². The standard InChI is InChI=1S/C20H23ClN2O4S/c1-14(2)13-20(25)23-17-7-5-16(6-8-17)22-19(24)11-12-28(26,27)18-9-3-15(21)4-10-18/h3-10,14H,11-13H2,1-2H3,(H,22,24)(H,23,25). The third-order valence-corrected chi connectivity index (χ3v) is 5.80. The number of hydrogen-bond acceptors (Lipinski definition) is 4. The van der Waals surface area contributed by atoms with E-state index in [1.54, 1.807) is 24.3 Å². The summed E-state index contributed by atoms with van der Waals surface area (Å²) in [5, 5.41) is 5.88. The highest BCUT2D eigenvalue weighted by atomic mass is 35.5. The van der Waals surface area contributed by atoms with Crippen LogP contribution < -0.4 is 10.6 Å². The summed E-state index contributed by atoms with van der Waals surface area (Å²) >= 11 is 5.76. The molecule has 0 saturated heterocycles. The van der Waals surface area contributed by atoms with Gasteiger partial charge in [-0.1, -0.05) is 25.4 Å². The van der Waals surface area contributed by atoms with Gasteiger partial charge in [-0.05, 0) is 54.4 Å². The summed E-state index contributed by atoms with van der Waals surface area (Å²) in [7, 11) is -3.56. The zero-order valence-corrected chi connectivity index (χ0v) is 17.3. The number of nitrogens with one attached hydrogen (secondary N) is 2. The molecule has 0 fully saturated rings. The summed E-state index contributed by atoms with van der Waals surface area (Å²) in [5.74, 6) is -0.514. The van der Waals surface area contributed by atoms with Gasteiger partial charge in [-0.15, -0.1) is 0 Å². The first-order valence-electron chi connectivity index (χ1n) is 8.84. The second-order valence-corrected chi connectivity index (χ2v) is 9.34. The van der Waals surface area contributed by atoms with Gasteiger partial charge < -0.3 is 10.6 Å². The maximum Gasteiger partial charge on any atom is 0.225 e. The van der Waals surface area contributed by atoms with Crippen LogP contribution in [0.25, 0.3) is 0 Å². The zero-order valence-electron chi connectivity index (χ0n) is 15.7. The topological polar surface area (TPSA) is 92.3 Å². The molecular formula is C20H23ClN2O4S. The Kier molecular flexibility index (Phi) is 7.60. The van der Waals surface area contributed by atoms with Gasteiger partial charge in [0.1, 0.15) is 0 Å². The number of sulfone groups is 1. The van der Waals surface area contributed by atoms with Crippen LogP contribution in [0.3, 0.4) is 0 Å². The highest BCUT2D eigenvalue weighted by molar-refractivity contribution is 7.91. The van der Waals surface area contributed by atoms with E-state index in [2.05, 4.69) is 10.6 Å². The number of carbonyl (C=O) groups is 2. The lowest BCUT2D eigenvalue weighted by Crippen LogP contribution is -2.17. The Hall–Kier alpha value is -2.38. The fourth-order valence-corrected chi connectivity index (χ4v) is 3.80. The molecule has 28 heavy (non-hydrogen) atoms. The average Bonchev–Trinajstić information content (AvgIpc) is 2.61. The Labute approximate surface area is 170 Å². The van der Waals surface area contributed by atoms with Gasteiger partial charge in [-0.3, -0.25) is 9.59 Å². The molecule has 2 aromatic rings. The molecule has 8 heteroatoms. The fraction of sp³-hybridized carbons (Fsp3) is 0.300. The van der Waals surface area contributed by atoms with Crippen molar-refractivity contribution in [3.05, 3.63) is 53.6 Å². The predicted molar refractivity (Wildman–Crippen MR) is 111 cm³/mol. The molecule has 0 spiro atoms. The summed E-state index contributed by atoms with van der Waals surface area (Å²) < 4.78 is 24.5. The number of carbonyl (C=O) groups excluding carboxylic acids is 2. The molecule has 150 valence electrons. The van der Waals surface area contributed by atoms with Crippen molar-refractivity contribution in [2.24, 2.45) is 5.92 Å². The number of halogens is 1. The minimum atomic E-state index is -3.56. The third-order valence-electron chi connectivity index (χ3n) is 3.82. The quantitative estimate of drug-likeness (QED) is 0.669. The largest absolute Gasteiger partial charge is 0.326 e. The molecule has 6 nitrogen and oxygen atoms in total. The Morgan fingerprint density at radius 2 is 1.39 bits per heavy atom. The summed E-state index contributed by atoms with van der Waals surface area (Å²) in [6.45, 7) is 3.93. The van der Waals surface area contributed by atoms with E-state index in [9.17, 15) is 18.0 Å². The van der Waals surface area contributed by atoms with Crippen LogP contribution in [0.2, 0.25) is 5.02 Å². The molecule has 0 aliphatic rings. The van der Waals surface area contributed by atoms with Crippen LogP contribution in [-0.4, -0.2) is 26.0 Å². The Morgan fingerprint density at radius 1 is 0.893 bits per heavy atom. The first-order chi connectivity index (χ1) is 13.2. The van der Waals surface area contributed by atoms with E-state index in [1.165, 1.54) is 24.3 Å². The normalized spacial score (nSPS) is 11.3. The Bertz CT molecular complexity index is 924. The van der Waals surface area contributed by atoms with Crippen molar-refractivity contribution >= 4 is 44.6 Å². The minimum Gasteiger partial charge on any atom is -0.326 e. The number of benzene rings is 2. The molecule has 0 aromatic heterocycles. The lowest BCUT2D eigenvalue weighted by Gasteiger charge is -2.09. The van der Waals surface area contributed by atoms with Gasteiger partial charge in [0, 0.05) is 29.2 Å². The first-order valence-corrected chi connectivity index (χ1v) is 10.9. The molecule has 0 aliphatic heterocycles. The van der Waals surface area contributed by atoms with Gasteiger partial charge in [0.25, 0.3) is 0 Å². The lowest BCUT2D eigenvalue weighted by molar-refractivity contribution is -0.117. The molecule has 0 heterocycles. The highest BCUT2D eigenvalue weighted by Gasteiger charge is 2.16. The van der Waals surface area contributed by atoms with Crippen molar-refractivity contribution in [2.45, 2.75) is 31.6 Å².